The number of guanidine groups is 1. The molecule has 4 nitrogen and oxygen atoms in total. The van der Waals surface area contributed by atoms with Gasteiger partial charge < -0.3 is 15.5 Å². The molecule has 1 heterocycles. The Labute approximate surface area is 137 Å². The third kappa shape index (κ3) is 5.46. The summed E-state index contributed by atoms with van der Waals surface area (Å²) < 4.78 is 26.8. The Morgan fingerprint density at radius 1 is 1.30 bits per heavy atom. The summed E-state index contributed by atoms with van der Waals surface area (Å²) in [5, 5.41) is 6.45. The Morgan fingerprint density at radius 3 is 2.83 bits per heavy atom. The van der Waals surface area contributed by atoms with Gasteiger partial charge in [-0.3, -0.25) is 0 Å². The molecule has 1 aromatic rings. The summed E-state index contributed by atoms with van der Waals surface area (Å²) in [5.41, 5.74) is 0.264. The molecule has 1 aliphatic heterocycles. The van der Waals surface area contributed by atoms with Crippen LogP contribution in [0.2, 0.25) is 0 Å². The standard InChI is InChI=1S/C17H26F2N4/c1-3-20-17(21-10-13-7-8-23(4-2)12-13)22-11-14-9-15(18)5-6-16(14)19/h5-6,9,13H,3-4,7-8,10-12H2,1-2H3,(H2,20,21,22). The largest absolute Gasteiger partial charge is 0.357 e. The van der Waals surface area contributed by atoms with Crippen LogP contribution in [0.4, 0.5) is 8.78 Å². The highest BCUT2D eigenvalue weighted by molar-refractivity contribution is 5.79. The summed E-state index contributed by atoms with van der Waals surface area (Å²) in [4.78, 5) is 6.79. The molecule has 128 valence electrons. The van der Waals surface area contributed by atoms with Crippen LogP contribution in [0.1, 0.15) is 25.8 Å². The summed E-state index contributed by atoms with van der Waals surface area (Å²) in [7, 11) is 0. The van der Waals surface area contributed by atoms with Crippen molar-refractivity contribution in [3.63, 3.8) is 0 Å². The van der Waals surface area contributed by atoms with Crippen molar-refractivity contribution in [2.45, 2.75) is 26.8 Å². The van der Waals surface area contributed by atoms with Gasteiger partial charge in [0.25, 0.3) is 0 Å². The van der Waals surface area contributed by atoms with Crippen molar-refractivity contribution < 1.29 is 8.78 Å². The molecule has 0 aromatic heterocycles. The molecule has 0 amide bonds. The molecule has 0 bridgehead atoms. The molecule has 1 fully saturated rings. The lowest BCUT2D eigenvalue weighted by Crippen LogP contribution is -2.40. The smallest absolute Gasteiger partial charge is 0.191 e. The van der Waals surface area contributed by atoms with E-state index >= 15 is 0 Å². The van der Waals surface area contributed by atoms with E-state index in [0.29, 0.717) is 11.9 Å². The maximum absolute atomic E-state index is 13.6. The number of hydrogen-bond acceptors (Lipinski definition) is 2. The van der Waals surface area contributed by atoms with Gasteiger partial charge in [0.05, 0.1) is 6.54 Å². The molecule has 2 N–H and O–H groups in total. The number of aliphatic imine (C=N–C) groups is 1. The predicted octanol–water partition coefficient (Wildman–Crippen LogP) is 2.36. The third-order valence-corrected chi connectivity index (χ3v) is 4.13. The van der Waals surface area contributed by atoms with E-state index in [1.165, 1.54) is 12.5 Å². The van der Waals surface area contributed by atoms with Crippen molar-refractivity contribution in [1.29, 1.82) is 0 Å². The Kier molecular flexibility index (Phi) is 6.77. The molecule has 1 unspecified atom stereocenters. The minimum Gasteiger partial charge on any atom is -0.357 e. The highest BCUT2D eigenvalue weighted by Crippen LogP contribution is 2.14. The van der Waals surface area contributed by atoms with Gasteiger partial charge in [-0.1, -0.05) is 6.92 Å². The van der Waals surface area contributed by atoms with Crippen LogP contribution in [0, 0.1) is 17.6 Å². The predicted molar refractivity (Wildman–Crippen MR) is 89.4 cm³/mol. The van der Waals surface area contributed by atoms with E-state index in [-0.39, 0.29) is 12.1 Å². The van der Waals surface area contributed by atoms with Crippen LogP contribution in [-0.4, -0.2) is 43.6 Å². The Balaban J connectivity index is 1.91. The van der Waals surface area contributed by atoms with Gasteiger partial charge >= 0.3 is 0 Å². The normalized spacial score (nSPS) is 19.1. The Morgan fingerprint density at radius 2 is 2.13 bits per heavy atom. The van der Waals surface area contributed by atoms with Crippen molar-refractivity contribution in [3.8, 4) is 0 Å². The first-order valence-corrected chi connectivity index (χ1v) is 8.30. The molecule has 0 aliphatic carbocycles. The minimum absolute atomic E-state index is 0.116. The quantitative estimate of drug-likeness (QED) is 0.623. The summed E-state index contributed by atoms with van der Waals surface area (Å²) in [6.45, 7) is 9.17. The molecule has 6 heteroatoms. The molecule has 0 spiro atoms. The minimum atomic E-state index is -0.444. The van der Waals surface area contributed by atoms with Gasteiger partial charge in [0.15, 0.2) is 5.96 Å². The van der Waals surface area contributed by atoms with Crippen molar-refractivity contribution in [1.82, 2.24) is 15.5 Å². The number of likely N-dealkylation sites (tertiary alicyclic amines) is 1. The average molecular weight is 324 g/mol. The molecule has 0 saturated carbocycles. The molecular formula is C17H26F2N4. The fourth-order valence-electron chi connectivity index (χ4n) is 2.78. The van der Waals surface area contributed by atoms with Gasteiger partial charge in [-0.15, -0.1) is 0 Å². The maximum Gasteiger partial charge on any atom is 0.191 e. The zero-order valence-electron chi connectivity index (χ0n) is 13.9. The molecule has 2 rings (SSSR count). The number of rotatable bonds is 6. The number of benzene rings is 1. The zero-order chi connectivity index (χ0) is 16.7. The van der Waals surface area contributed by atoms with E-state index < -0.39 is 11.6 Å². The summed E-state index contributed by atoms with van der Waals surface area (Å²) >= 11 is 0. The summed E-state index contributed by atoms with van der Waals surface area (Å²) in [6, 6.07) is 3.45. The second kappa shape index (κ2) is 8.82. The molecule has 1 aromatic carbocycles. The number of hydrogen-bond donors (Lipinski definition) is 2. The molecule has 1 aliphatic rings. The lowest BCUT2D eigenvalue weighted by molar-refractivity contribution is 0.342. The highest BCUT2D eigenvalue weighted by atomic mass is 19.1. The molecule has 23 heavy (non-hydrogen) atoms. The van der Waals surface area contributed by atoms with Crippen molar-refractivity contribution in [3.05, 3.63) is 35.4 Å². The highest BCUT2D eigenvalue weighted by Gasteiger charge is 2.20. The molecular weight excluding hydrogens is 298 g/mol. The van der Waals surface area contributed by atoms with Crippen LogP contribution in [-0.2, 0) is 6.54 Å². The van der Waals surface area contributed by atoms with Crippen molar-refractivity contribution in [2.24, 2.45) is 10.9 Å². The Bertz CT molecular complexity index is 533. The zero-order valence-corrected chi connectivity index (χ0v) is 13.9. The number of halogens is 2. The van der Waals surface area contributed by atoms with Crippen molar-refractivity contribution in [2.75, 3.05) is 32.7 Å². The van der Waals surface area contributed by atoms with E-state index in [1.807, 2.05) is 6.92 Å². The fourth-order valence-corrected chi connectivity index (χ4v) is 2.78. The van der Waals surface area contributed by atoms with Gasteiger partial charge in [-0.05, 0) is 50.6 Å². The van der Waals surface area contributed by atoms with Gasteiger partial charge in [0.1, 0.15) is 11.6 Å². The Hall–Kier alpha value is -1.69. The number of nitrogens with zero attached hydrogens (tertiary/aromatic N) is 2. The van der Waals surface area contributed by atoms with E-state index in [1.54, 1.807) is 0 Å². The van der Waals surface area contributed by atoms with E-state index in [4.69, 9.17) is 0 Å². The van der Waals surface area contributed by atoms with Crippen LogP contribution in [0.5, 0.6) is 0 Å². The SMILES string of the molecule is CCNC(=NCc1cc(F)ccc1F)NCC1CCN(CC)C1. The first-order chi connectivity index (χ1) is 11.1. The summed E-state index contributed by atoms with van der Waals surface area (Å²) in [6.07, 6.45) is 1.18. The van der Waals surface area contributed by atoms with Crippen LogP contribution in [0.3, 0.4) is 0 Å². The maximum atomic E-state index is 13.6. The average Bonchev–Trinajstić information content (AvgIpc) is 3.01. The molecule has 0 radical (unpaired) electrons. The molecule has 1 saturated heterocycles. The lowest BCUT2D eigenvalue weighted by Gasteiger charge is -2.16. The topological polar surface area (TPSA) is 39.7 Å². The van der Waals surface area contributed by atoms with Crippen LogP contribution < -0.4 is 10.6 Å². The van der Waals surface area contributed by atoms with Gasteiger partial charge in [0, 0.05) is 25.2 Å². The van der Waals surface area contributed by atoms with Crippen molar-refractivity contribution >= 4 is 5.96 Å². The van der Waals surface area contributed by atoms with Gasteiger partial charge in [-0.25, -0.2) is 13.8 Å². The number of nitrogens with one attached hydrogen (secondary N) is 2. The monoisotopic (exact) mass is 324 g/mol. The van der Waals surface area contributed by atoms with E-state index in [2.05, 4.69) is 27.4 Å². The van der Waals surface area contributed by atoms with Gasteiger partial charge in [0.2, 0.25) is 0 Å². The summed E-state index contributed by atoms with van der Waals surface area (Å²) in [5.74, 6) is 0.372. The first kappa shape index (κ1) is 17.7. The second-order valence-corrected chi connectivity index (χ2v) is 5.86. The van der Waals surface area contributed by atoms with Crippen LogP contribution in [0.25, 0.3) is 0 Å². The lowest BCUT2D eigenvalue weighted by atomic mass is 10.1. The fraction of sp³-hybridized carbons (Fsp3) is 0.588. The van der Waals surface area contributed by atoms with E-state index in [0.717, 1.165) is 44.9 Å². The van der Waals surface area contributed by atoms with Crippen LogP contribution in [0.15, 0.2) is 23.2 Å². The molecule has 1 atom stereocenters. The van der Waals surface area contributed by atoms with E-state index in [9.17, 15) is 8.78 Å². The van der Waals surface area contributed by atoms with Crippen LogP contribution >= 0.6 is 0 Å². The first-order valence-electron chi connectivity index (χ1n) is 8.30. The van der Waals surface area contributed by atoms with Gasteiger partial charge in [-0.2, -0.15) is 0 Å². The second-order valence-electron chi connectivity index (χ2n) is 5.86. The third-order valence-electron chi connectivity index (χ3n) is 4.13.